The highest BCUT2D eigenvalue weighted by atomic mass is 32.2. The fourth-order valence-corrected chi connectivity index (χ4v) is 2.76. The van der Waals surface area contributed by atoms with E-state index in [4.69, 9.17) is 0 Å². The minimum atomic E-state index is -0.294. The highest BCUT2D eigenvalue weighted by Gasteiger charge is 2.09. The summed E-state index contributed by atoms with van der Waals surface area (Å²) >= 11 is 1.47. The molecule has 1 atom stereocenters. The SMILES string of the molecule is CC(NC(=O)CSCc1ccc(F)cc1)c1ccc(F)cc1. The van der Waals surface area contributed by atoms with E-state index in [1.54, 1.807) is 24.3 Å². The number of nitrogens with one attached hydrogen (secondary N) is 1. The van der Waals surface area contributed by atoms with Gasteiger partial charge in [-0.05, 0) is 42.3 Å². The van der Waals surface area contributed by atoms with Gasteiger partial charge in [0.25, 0.3) is 0 Å². The van der Waals surface area contributed by atoms with Crippen molar-refractivity contribution in [2.75, 3.05) is 5.75 Å². The first-order valence-corrected chi connectivity index (χ1v) is 8.07. The number of hydrogen-bond donors (Lipinski definition) is 1. The second-order valence-corrected chi connectivity index (χ2v) is 5.95. The van der Waals surface area contributed by atoms with Crippen LogP contribution in [0.5, 0.6) is 0 Å². The zero-order chi connectivity index (χ0) is 15.9. The molecule has 0 bridgehead atoms. The summed E-state index contributed by atoms with van der Waals surface area (Å²) in [5, 5.41) is 2.87. The Morgan fingerprint density at radius 1 is 1.05 bits per heavy atom. The van der Waals surface area contributed by atoms with Crippen molar-refractivity contribution < 1.29 is 13.6 Å². The summed E-state index contributed by atoms with van der Waals surface area (Å²) < 4.78 is 25.6. The highest BCUT2D eigenvalue weighted by Crippen LogP contribution is 2.15. The summed E-state index contributed by atoms with van der Waals surface area (Å²) in [6.07, 6.45) is 0. The molecule has 0 saturated carbocycles. The second kappa shape index (κ2) is 7.94. The summed E-state index contributed by atoms with van der Waals surface area (Å²) in [6.45, 7) is 1.86. The van der Waals surface area contributed by atoms with Crippen LogP contribution in [-0.4, -0.2) is 11.7 Å². The van der Waals surface area contributed by atoms with Crippen molar-refractivity contribution in [3.63, 3.8) is 0 Å². The first kappa shape index (κ1) is 16.5. The largest absolute Gasteiger partial charge is 0.349 e. The molecule has 1 amide bonds. The third kappa shape index (κ3) is 5.15. The van der Waals surface area contributed by atoms with Crippen molar-refractivity contribution in [2.24, 2.45) is 0 Å². The van der Waals surface area contributed by atoms with Gasteiger partial charge in [-0.1, -0.05) is 24.3 Å². The molecule has 2 rings (SSSR count). The van der Waals surface area contributed by atoms with Crippen LogP contribution in [0.15, 0.2) is 48.5 Å². The minimum absolute atomic E-state index is 0.0797. The molecule has 22 heavy (non-hydrogen) atoms. The Morgan fingerprint density at radius 3 is 2.18 bits per heavy atom. The summed E-state index contributed by atoms with van der Waals surface area (Å²) in [7, 11) is 0. The van der Waals surface area contributed by atoms with E-state index < -0.39 is 0 Å². The number of rotatable bonds is 6. The summed E-state index contributed by atoms with van der Waals surface area (Å²) in [6, 6.07) is 12.1. The average molecular weight is 321 g/mol. The van der Waals surface area contributed by atoms with E-state index in [2.05, 4.69) is 5.32 Å². The smallest absolute Gasteiger partial charge is 0.230 e. The van der Waals surface area contributed by atoms with Crippen molar-refractivity contribution in [3.8, 4) is 0 Å². The van der Waals surface area contributed by atoms with Crippen LogP contribution in [0.4, 0.5) is 8.78 Å². The van der Waals surface area contributed by atoms with Gasteiger partial charge in [0, 0.05) is 5.75 Å². The molecule has 0 spiro atoms. The fraction of sp³-hybridized carbons (Fsp3) is 0.235. The first-order chi connectivity index (χ1) is 10.5. The molecule has 0 aromatic heterocycles. The number of hydrogen-bond acceptors (Lipinski definition) is 2. The monoisotopic (exact) mass is 321 g/mol. The van der Waals surface area contributed by atoms with Gasteiger partial charge in [-0.3, -0.25) is 4.79 Å². The van der Waals surface area contributed by atoms with Gasteiger partial charge in [0.05, 0.1) is 11.8 Å². The van der Waals surface area contributed by atoms with Crippen molar-refractivity contribution in [3.05, 3.63) is 71.3 Å². The second-order valence-electron chi connectivity index (χ2n) is 4.96. The molecule has 0 aliphatic carbocycles. The van der Waals surface area contributed by atoms with E-state index in [1.807, 2.05) is 6.92 Å². The molecule has 1 unspecified atom stereocenters. The maximum absolute atomic E-state index is 12.9. The third-order valence-electron chi connectivity index (χ3n) is 3.16. The lowest BCUT2D eigenvalue weighted by atomic mass is 10.1. The molecular formula is C17H17F2NOS. The van der Waals surface area contributed by atoms with Crippen LogP contribution in [0.1, 0.15) is 24.1 Å². The van der Waals surface area contributed by atoms with Gasteiger partial charge in [0.1, 0.15) is 11.6 Å². The van der Waals surface area contributed by atoms with Gasteiger partial charge in [-0.25, -0.2) is 8.78 Å². The molecule has 0 fully saturated rings. The van der Waals surface area contributed by atoms with E-state index in [1.165, 1.54) is 36.0 Å². The molecule has 5 heteroatoms. The number of halogens is 2. The average Bonchev–Trinajstić information content (AvgIpc) is 2.50. The van der Waals surface area contributed by atoms with Crippen LogP contribution in [0.25, 0.3) is 0 Å². The van der Waals surface area contributed by atoms with E-state index in [0.717, 1.165) is 11.1 Å². The van der Waals surface area contributed by atoms with Gasteiger partial charge in [-0.15, -0.1) is 11.8 Å². The van der Waals surface area contributed by atoms with Crippen LogP contribution >= 0.6 is 11.8 Å². The Morgan fingerprint density at radius 2 is 1.59 bits per heavy atom. The van der Waals surface area contributed by atoms with Gasteiger partial charge in [0.2, 0.25) is 5.91 Å². The molecule has 116 valence electrons. The third-order valence-corrected chi connectivity index (χ3v) is 4.17. The van der Waals surface area contributed by atoms with E-state index in [-0.39, 0.29) is 23.6 Å². The molecule has 0 heterocycles. The van der Waals surface area contributed by atoms with Crippen LogP contribution < -0.4 is 5.32 Å². The van der Waals surface area contributed by atoms with Crippen LogP contribution in [-0.2, 0) is 10.5 Å². The van der Waals surface area contributed by atoms with Crippen LogP contribution in [0.3, 0.4) is 0 Å². The summed E-state index contributed by atoms with van der Waals surface area (Å²) in [4.78, 5) is 11.9. The van der Waals surface area contributed by atoms with Gasteiger partial charge in [0.15, 0.2) is 0 Å². The Balaban J connectivity index is 1.75. The van der Waals surface area contributed by atoms with Crippen LogP contribution in [0, 0.1) is 11.6 Å². The lowest BCUT2D eigenvalue weighted by Crippen LogP contribution is -2.28. The maximum atomic E-state index is 12.9. The van der Waals surface area contributed by atoms with E-state index in [9.17, 15) is 13.6 Å². The number of benzene rings is 2. The quantitative estimate of drug-likeness (QED) is 0.869. The van der Waals surface area contributed by atoms with Gasteiger partial charge < -0.3 is 5.32 Å². The Labute approximate surface area is 132 Å². The Kier molecular flexibility index (Phi) is 5.95. The van der Waals surface area contributed by atoms with Crippen molar-refractivity contribution in [1.29, 1.82) is 0 Å². The fourth-order valence-electron chi connectivity index (χ4n) is 1.96. The molecule has 2 nitrogen and oxygen atoms in total. The maximum Gasteiger partial charge on any atom is 0.230 e. The zero-order valence-electron chi connectivity index (χ0n) is 12.2. The molecule has 2 aromatic rings. The Bertz CT molecular complexity index is 614. The molecule has 1 N–H and O–H groups in total. The van der Waals surface area contributed by atoms with Crippen molar-refractivity contribution in [1.82, 2.24) is 5.32 Å². The van der Waals surface area contributed by atoms with Gasteiger partial charge >= 0.3 is 0 Å². The van der Waals surface area contributed by atoms with E-state index >= 15 is 0 Å². The molecule has 0 aliphatic rings. The standard InChI is InChI=1S/C17H17F2NOS/c1-12(14-4-8-16(19)9-5-14)20-17(21)11-22-10-13-2-6-15(18)7-3-13/h2-9,12H,10-11H2,1H3,(H,20,21). The predicted molar refractivity (Wildman–Crippen MR) is 85.5 cm³/mol. The Hall–Kier alpha value is -1.88. The number of thioether (sulfide) groups is 1. The molecule has 0 radical (unpaired) electrons. The molecular weight excluding hydrogens is 304 g/mol. The number of carbonyl (C=O) groups is 1. The lowest BCUT2D eigenvalue weighted by Gasteiger charge is -2.14. The summed E-state index contributed by atoms with van der Waals surface area (Å²) in [5.41, 5.74) is 1.84. The molecule has 0 aliphatic heterocycles. The number of carbonyl (C=O) groups excluding carboxylic acids is 1. The highest BCUT2D eigenvalue weighted by molar-refractivity contribution is 7.99. The van der Waals surface area contributed by atoms with Crippen molar-refractivity contribution >= 4 is 17.7 Å². The van der Waals surface area contributed by atoms with Crippen LogP contribution in [0.2, 0.25) is 0 Å². The zero-order valence-corrected chi connectivity index (χ0v) is 13.0. The topological polar surface area (TPSA) is 29.1 Å². The predicted octanol–water partition coefficient (Wildman–Crippen LogP) is 4.08. The molecule has 2 aromatic carbocycles. The number of amides is 1. The first-order valence-electron chi connectivity index (χ1n) is 6.91. The lowest BCUT2D eigenvalue weighted by molar-refractivity contribution is -0.119. The summed E-state index contributed by atoms with van der Waals surface area (Å²) in [5.74, 6) is 0.335. The van der Waals surface area contributed by atoms with Crippen molar-refractivity contribution in [2.45, 2.75) is 18.7 Å². The van der Waals surface area contributed by atoms with E-state index in [0.29, 0.717) is 11.5 Å². The molecule has 0 saturated heterocycles. The minimum Gasteiger partial charge on any atom is -0.349 e. The van der Waals surface area contributed by atoms with Gasteiger partial charge in [-0.2, -0.15) is 0 Å². The normalized spacial score (nSPS) is 12.0.